The fraction of sp³-hybridized carbons (Fsp3) is 0.167. The van der Waals surface area contributed by atoms with E-state index in [4.69, 9.17) is 9.15 Å². The zero-order valence-electron chi connectivity index (χ0n) is 13.8. The van der Waals surface area contributed by atoms with Crippen molar-refractivity contribution < 1.29 is 9.15 Å². The summed E-state index contributed by atoms with van der Waals surface area (Å²) >= 11 is 10.6. The van der Waals surface area contributed by atoms with Crippen molar-refractivity contribution in [2.45, 2.75) is 9.79 Å². The van der Waals surface area contributed by atoms with Gasteiger partial charge in [-0.25, -0.2) is 4.98 Å². The van der Waals surface area contributed by atoms with Crippen LogP contribution in [0.4, 0.5) is 0 Å². The lowest BCUT2D eigenvalue weighted by Gasteiger charge is -2.12. The molecule has 1 heterocycles. The molecule has 0 N–H and O–H groups in total. The zero-order valence-corrected chi connectivity index (χ0v) is 18.6. The number of thioether (sulfide) groups is 2. The molecule has 0 atom stereocenters. The van der Waals surface area contributed by atoms with Gasteiger partial charge in [0.25, 0.3) is 0 Å². The lowest BCUT2D eigenvalue weighted by atomic mass is 10.1. The summed E-state index contributed by atoms with van der Waals surface area (Å²) in [6, 6.07) is 10.1. The summed E-state index contributed by atoms with van der Waals surface area (Å²) < 4.78 is 13.3. The summed E-state index contributed by atoms with van der Waals surface area (Å²) in [7, 11) is 1.68. The van der Waals surface area contributed by atoms with Crippen molar-refractivity contribution in [3.05, 3.63) is 45.7 Å². The summed E-state index contributed by atoms with van der Waals surface area (Å²) in [5.74, 6) is 1.56. The molecule has 0 saturated carbocycles. The van der Waals surface area contributed by atoms with Gasteiger partial charge in [-0.3, -0.25) is 0 Å². The third-order valence-electron chi connectivity index (χ3n) is 3.69. The first-order valence-corrected chi connectivity index (χ1v) is 11.3. The summed E-state index contributed by atoms with van der Waals surface area (Å²) in [5.41, 5.74) is 2.76. The first-order chi connectivity index (χ1) is 12.1. The van der Waals surface area contributed by atoms with Crippen LogP contribution in [0.15, 0.2) is 59.9 Å². The van der Waals surface area contributed by atoms with Gasteiger partial charge in [0.1, 0.15) is 11.4 Å². The third kappa shape index (κ3) is 3.65. The van der Waals surface area contributed by atoms with E-state index in [2.05, 4.69) is 49.0 Å². The predicted molar refractivity (Wildman–Crippen MR) is 113 cm³/mol. The maximum absolute atomic E-state index is 5.77. The molecule has 2 aromatic carbocycles. The zero-order chi connectivity index (χ0) is 18.0. The molecule has 0 aliphatic heterocycles. The van der Waals surface area contributed by atoms with Gasteiger partial charge < -0.3 is 9.15 Å². The molecule has 0 aliphatic rings. The normalized spacial score (nSPS) is 10.9. The third-order valence-corrected chi connectivity index (χ3v) is 7.14. The van der Waals surface area contributed by atoms with Crippen LogP contribution in [0.3, 0.4) is 0 Å². The van der Waals surface area contributed by atoms with Crippen molar-refractivity contribution in [2.75, 3.05) is 19.6 Å². The van der Waals surface area contributed by atoms with E-state index in [0.717, 1.165) is 47.1 Å². The van der Waals surface area contributed by atoms with Gasteiger partial charge in [0.2, 0.25) is 0 Å². The van der Waals surface area contributed by atoms with Crippen LogP contribution in [0.25, 0.3) is 22.6 Å². The highest BCUT2D eigenvalue weighted by Gasteiger charge is 2.20. The molecule has 0 unspecified atom stereocenters. The van der Waals surface area contributed by atoms with Crippen molar-refractivity contribution in [1.29, 1.82) is 0 Å². The van der Waals surface area contributed by atoms with Crippen molar-refractivity contribution in [3.8, 4) is 28.3 Å². The summed E-state index contributed by atoms with van der Waals surface area (Å²) in [6.07, 6.45) is 5.56. The SMILES string of the molecule is COc1cccc(-c2ocnc2-c2cc(Br)c(SC)c(Br)c2)c1SC. The van der Waals surface area contributed by atoms with Crippen LogP contribution < -0.4 is 4.74 Å². The number of hydrogen-bond donors (Lipinski definition) is 0. The van der Waals surface area contributed by atoms with Gasteiger partial charge in [0, 0.05) is 25.0 Å². The number of benzene rings is 2. The highest BCUT2D eigenvalue weighted by molar-refractivity contribution is 9.11. The maximum atomic E-state index is 5.77. The number of oxazole rings is 1. The van der Waals surface area contributed by atoms with Gasteiger partial charge in [0.15, 0.2) is 12.2 Å². The Balaban J connectivity index is 2.18. The van der Waals surface area contributed by atoms with Crippen molar-refractivity contribution >= 4 is 55.4 Å². The molecule has 1 aromatic heterocycles. The molecular formula is C18H15Br2NO2S2. The van der Waals surface area contributed by atoms with E-state index in [1.165, 1.54) is 6.39 Å². The topological polar surface area (TPSA) is 35.3 Å². The van der Waals surface area contributed by atoms with Crippen molar-refractivity contribution in [3.63, 3.8) is 0 Å². The van der Waals surface area contributed by atoms with Crippen molar-refractivity contribution in [2.24, 2.45) is 0 Å². The Morgan fingerprint density at radius 3 is 2.32 bits per heavy atom. The molecule has 0 bridgehead atoms. The molecule has 0 spiro atoms. The number of halogens is 2. The monoisotopic (exact) mass is 499 g/mol. The van der Waals surface area contributed by atoms with Gasteiger partial charge in [-0.15, -0.1) is 23.5 Å². The van der Waals surface area contributed by atoms with E-state index >= 15 is 0 Å². The number of nitrogens with zero attached hydrogens (tertiary/aromatic N) is 1. The minimum Gasteiger partial charge on any atom is -0.496 e. The molecule has 3 nitrogen and oxygen atoms in total. The summed E-state index contributed by atoms with van der Waals surface area (Å²) in [5, 5.41) is 0. The second-order valence-electron chi connectivity index (χ2n) is 5.04. The largest absolute Gasteiger partial charge is 0.496 e. The maximum Gasteiger partial charge on any atom is 0.182 e. The standard InChI is InChI=1S/C18H15Br2NO2S2/c1-22-14-6-4-5-11(17(14)24-2)16-15(21-9-23-16)10-7-12(19)18(25-3)13(20)8-10/h4-9H,1-3H3. The Morgan fingerprint density at radius 1 is 1.04 bits per heavy atom. The molecule has 0 amide bonds. The van der Waals surface area contributed by atoms with Crippen LogP contribution in [-0.2, 0) is 0 Å². The predicted octanol–water partition coefficient (Wildman–Crippen LogP) is 6.99. The highest BCUT2D eigenvalue weighted by Crippen LogP contribution is 2.43. The molecule has 25 heavy (non-hydrogen) atoms. The van der Waals surface area contributed by atoms with Crippen LogP contribution >= 0.6 is 55.4 Å². The Hall–Kier alpha value is -0.890. The van der Waals surface area contributed by atoms with Crippen LogP contribution in [-0.4, -0.2) is 24.6 Å². The summed E-state index contributed by atoms with van der Waals surface area (Å²) in [4.78, 5) is 6.65. The van der Waals surface area contributed by atoms with E-state index in [-0.39, 0.29) is 0 Å². The lowest BCUT2D eigenvalue weighted by Crippen LogP contribution is -1.91. The Kier molecular flexibility index (Phi) is 6.20. The highest BCUT2D eigenvalue weighted by atomic mass is 79.9. The first-order valence-electron chi connectivity index (χ1n) is 7.29. The van der Waals surface area contributed by atoms with Crippen LogP contribution in [0.2, 0.25) is 0 Å². The number of methoxy groups -OCH3 is 1. The van der Waals surface area contributed by atoms with Gasteiger partial charge in [-0.05, 0) is 68.6 Å². The minimum absolute atomic E-state index is 0.735. The number of aromatic nitrogens is 1. The molecule has 0 radical (unpaired) electrons. The van der Waals surface area contributed by atoms with E-state index in [1.807, 2.05) is 30.7 Å². The van der Waals surface area contributed by atoms with Gasteiger partial charge in [-0.1, -0.05) is 6.07 Å². The van der Waals surface area contributed by atoms with Crippen LogP contribution in [0, 0.1) is 0 Å². The molecule has 0 saturated heterocycles. The van der Waals surface area contributed by atoms with Gasteiger partial charge >= 0.3 is 0 Å². The smallest absolute Gasteiger partial charge is 0.182 e. The molecular weight excluding hydrogens is 486 g/mol. The molecule has 3 rings (SSSR count). The lowest BCUT2D eigenvalue weighted by molar-refractivity contribution is 0.405. The van der Waals surface area contributed by atoms with Crippen LogP contribution in [0.1, 0.15) is 0 Å². The van der Waals surface area contributed by atoms with E-state index < -0.39 is 0 Å². The van der Waals surface area contributed by atoms with Crippen LogP contribution in [0.5, 0.6) is 5.75 Å². The molecule has 7 heteroatoms. The Labute approximate surface area is 172 Å². The average molecular weight is 501 g/mol. The Morgan fingerprint density at radius 2 is 1.72 bits per heavy atom. The molecule has 3 aromatic rings. The second-order valence-corrected chi connectivity index (χ2v) is 8.39. The number of hydrogen-bond acceptors (Lipinski definition) is 5. The molecule has 0 fully saturated rings. The number of ether oxygens (including phenoxy) is 1. The average Bonchev–Trinajstić information content (AvgIpc) is 3.10. The van der Waals surface area contributed by atoms with E-state index in [0.29, 0.717) is 0 Å². The van der Waals surface area contributed by atoms with Crippen molar-refractivity contribution in [1.82, 2.24) is 4.98 Å². The second kappa shape index (κ2) is 8.20. The fourth-order valence-corrected chi connectivity index (χ4v) is 6.00. The number of rotatable bonds is 5. The summed E-state index contributed by atoms with van der Waals surface area (Å²) in [6.45, 7) is 0. The van der Waals surface area contributed by atoms with E-state index in [9.17, 15) is 0 Å². The van der Waals surface area contributed by atoms with Gasteiger partial charge in [0.05, 0.1) is 12.0 Å². The molecule has 130 valence electrons. The minimum atomic E-state index is 0.735. The Bertz CT molecular complexity index is 889. The molecule has 0 aliphatic carbocycles. The quantitative estimate of drug-likeness (QED) is 0.353. The van der Waals surface area contributed by atoms with Gasteiger partial charge in [-0.2, -0.15) is 0 Å². The fourth-order valence-electron chi connectivity index (χ4n) is 2.60. The van der Waals surface area contributed by atoms with E-state index in [1.54, 1.807) is 30.6 Å². The first kappa shape index (κ1) is 18.9.